The summed E-state index contributed by atoms with van der Waals surface area (Å²) in [5.74, 6) is -3.15. The number of aliphatic carboxylic acids is 3. The molecule has 0 amide bonds. The van der Waals surface area contributed by atoms with Gasteiger partial charge in [-0.15, -0.1) is 0 Å². The number of carboxylic acid groups (broad SMARTS) is 3. The van der Waals surface area contributed by atoms with Crippen molar-refractivity contribution in [2.45, 2.75) is 19.3 Å². The minimum atomic E-state index is -1.05. The van der Waals surface area contributed by atoms with Gasteiger partial charge in [0, 0.05) is 88.5 Å². The normalized spacial score (nSPS) is 10.2. The molecule has 6 rings (SSSR count). The van der Waals surface area contributed by atoms with Crippen LogP contribution in [0.5, 0.6) is 0 Å². The molecule has 0 bridgehead atoms. The maximum atomic E-state index is 10.4. The topological polar surface area (TPSA) is 168 Å². The number of rotatable bonds is 6. The molecular weight excluding hydrogens is 525 g/mol. The number of carboxylic acids is 3. The van der Waals surface area contributed by atoms with E-state index in [9.17, 15) is 29.7 Å². The zero-order valence-corrected chi connectivity index (χ0v) is 22.5. The molecule has 3 N–H and O–H groups in total. The number of para-hydroxylation sites is 3. The van der Waals surface area contributed by atoms with Gasteiger partial charge in [0.05, 0.1) is 0 Å². The van der Waals surface area contributed by atoms with Gasteiger partial charge in [0.15, 0.2) is 0 Å². The molecule has 9 nitrogen and oxygen atoms in total. The number of aromatic nitrogens is 3. The van der Waals surface area contributed by atoms with Crippen LogP contribution in [0.3, 0.4) is 0 Å². The van der Waals surface area contributed by atoms with Crippen LogP contribution in [-0.4, -0.2) is 50.2 Å². The average molecular weight is 550 g/mol. The van der Waals surface area contributed by atoms with E-state index >= 15 is 0 Å². The second-order valence-electron chi connectivity index (χ2n) is 8.72. The van der Waals surface area contributed by atoms with Crippen LogP contribution >= 0.6 is 0 Å². The van der Waals surface area contributed by atoms with Crippen LogP contribution in [0, 0.1) is 0 Å². The number of benzene rings is 3. The predicted molar refractivity (Wildman–Crippen MR) is 147 cm³/mol. The molecule has 0 spiro atoms. The standard InChI is InChI=1S/3C10H9NO2.Al/c3*12-10(13)5-7-6-11-9-4-2-1-3-8(7)9;/h3*1-4,6,11H,5H2,(H,12,13);/q;;;+3/p-3. The van der Waals surface area contributed by atoms with Crippen LogP contribution in [0.15, 0.2) is 91.4 Å². The molecule has 0 fully saturated rings. The Kier molecular flexibility index (Phi) is 10.3. The first-order valence-corrected chi connectivity index (χ1v) is 12.1. The van der Waals surface area contributed by atoms with E-state index in [1.54, 1.807) is 18.6 Å². The third-order valence-electron chi connectivity index (χ3n) is 6.03. The molecule has 0 unspecified atom stereocenters. The van der Waals surface area contributed by atoms with E-state index in [1.165, 1.54) is 0 Å². The van der Waals surface area contributed by atoms with Crippen molar-refractivity contribution >= 4 is 68.0 Å². The number of fused-ring (bicyclic) bond motifs is 3. The summed E-state index contributed by atoms with van der Waals surface area (Å²) in [4.78, 5) is 40.2. The Morgan fingerprint density at radius 2 is 0.725 bits per heavy atom. The van der Waals surface area contributed by atoms with Gasteiger partial charge in [-0.05, 0) is 34.9 Å². The third kappa shape index (κ3) is 7.63. The Hall–Kier alpha value is -4.78. The van der Waals surface area contributed by atoms with E-state index < -0.39 is 17.9 Å². The maximum Gasteiger partial charge on any atom is 3.00 e. The molecule has 0 atom stereocenters. The summed E-state index contributed by atoms with van der Waals surface area (Å²) >= 11 is 0. The second kappa shape index (κ2) is 13.9. The molecule has 0 aliphatic carbocycles. The van der Waals surface area contributed by atoms with E-state index in [4.69, 9.17) is 0 Å². The summed E-state index contributed by atoms with van der Waals surface area (Å²) in [6.45, 7) is 0. The predicted octanol–water partition coefficient (Wildman–Crippen LogP) is 1.00. The van der Waals surface area contributed by atoms with Crippen molar-refractivity contribution in [3.05, 3.63) is 108 Å². The minimum Gasteiger partial charge on any atom is -0.550 e. The molecule has 0 saturated carbocycles. The van der Waals surface area contributed by atoms with E-state index in [1.807, 2.05) is 72.8 Å². The van der Waals surface area contributed by atoms with Gasteiger partial charge >= 0.3 is 17.4 Å². The van der Waals surface area contributed by atoms with Gasteiger partial charge in [-0.2, -0.15) is 0 Å². The van der Waals surface area contributed by atoms with Crippen LogP contribution in [0.25, 0.3) is 32.7 Å². The van der Waals surface area contributed by atoms with Crippen LogP contribution < -0.4 is 15.3 Å². The van der Waals surface area contributed by atoms with E-state index in [0.717, 1.165) is 49.4 Å². The number of carbonyl (C=O) groups is 3. The van der Waals surface area contributed by atoms with Gasteiger partial charge in [-0.1, -0.05) is 54.6 Å². The zero-order valence-electron chi connectivity index (χ0n) is 21.3. The van der Waals surface area contributed by atoms with Crippen LogP contribution in [-0.2, 0) is 33.6 Å². The number of nitrogens with one attached hydrogen (secondary N) is 3. The van der Waals surface area contributed by atoms with E-state index in [0.29, 0.717) is 0 Å². The van der Waals surface area contributed by atoms with Crippen molar-refractivity contribution in [1.82, 2.24) is 15.0 Å². The fourth-order valence-corrected chi connectivity index (χ4v) is 4.30. The van der Waals surface area contributed by atoms with E-state index in [2.05, 4.69) is 15.0 Å². The molecular formula is C30H24AlN3O6. The summed E-state index contributed by atoms with van der Waals surface area (Å²) < 4.78 is 0. The first-order chi connectivity index (χ1) is 18.8. The monoisotopic (exact) mass is 549 g/mol. The molecule has 6 aromatic rings. The Labute approximate surface area is 239 Å². The summed E-state index contributed by atoms with van der Waals surface area (Å²) in [5.41, 5.74) is 5.19. The van der Waals surface area contributed by atoms with Crippen molar-refractivity contribution in [3.63, 3.8) is 0 Å². The molecule has 0 aliphatic rings. The fourth-order valence-electron chi connectivity index (χ4n) is 4.30. The van der Waals surface area contributed by atoms with Gasteiger partial charge < -0.3 is 44.7 Å². The smallest absolute Gasteiger partial charge is 0.550 e. The Bertz CT molecular complexity index is 1550. The molecule has 0 saturated heterocycles. The van der Waals surface area contributed by atoms with Crippen LogP contribution in [0.2, 0.25) is 0 Å². The first-order valence-electron chi connectivity index (χ1n) is 12.1. The zero-order chi connectivity index (χ0) is 27.8. The summed E-state index contributed by atoms with van der Waals surface area (Å²) in [5, 5.41) is 34.0. The SMILES string of the molecule is O=C([O-])Cc1c[nH]c2ccccc12.O=C([O-])Cc1c[nH]c2ccccc12.O=C([O-])Cc1c[nH]c2ccccc12.[Al+3]. The van der Waals surface area contributed by atoms with Crippen molar-refractivity contribution in [3.8, 4) is 0 Å². The Balaban J connectivity index is 0.000000163. The quantitative estimate of drug-likeness (QED) is 0.262. The van der Waals surface area contributed by atoms with Gasteiger partial charge in [-0.25, -0.2) is 0 Å². The number of hydrogen-bond donors (Lipinski definition) is 3. The fraction of sp³-hybridized carbons (Fsp3) is 0.100. The number of carbonyl (C=O) groups excluding carboxylic acids is 3. The van der Waals surface area contributed by atoms with Crippen molar-refractivity contribution in [2.75, 3.05) is 0 Å². The molecule has 198 valence electrons. The van der Waals surface area contributed by atoms with E-state index in [-0.39, 0.29) is 36.6 Å². The van der Waals surface area contributed by atoms with Gasteiger partial charge in [0.2, 0.25) is 0 Å². The molecule has 3 aromatic carbocycles. The molecule has 10 heteroatoms. The number of hydrogen-bond acceptors (Lipinski definition) is 6. The second-order valence-corrected chi connectivity index (χ2v) is 8.72. The summed E-state index contributed by atoms with van der Waals surface area (Å²) in [7, 11) is 0. The Morgan fingerprint density at radius 3 is 0.975 bits per heavy atom. The molecule has 0 aliphatic heterocycles. The number of aromatic amines is 3. The van der Waals surface area contributed by atoms with Gasteiger partial charge in [-0.3, -0.25) is 0 Å². The first kappa shape index (κ1) is 29.8. The van der Waals surface area contributed by atoms with Crippen molar-refractivity contribution in [2.24, 2.45) is 0 Å². The summed E-state index contributed by atoms with van der Waals surface area (Å²) in [6.07, 6.45) is 5.01. The Morgan fingerprint density at radius 1 is 0.475 bits per heavy atom. The average Bonchev–Trinajstić information content (AvgIpc) is 3.62. The third-order valence-corrected chi connectivity index (χ3v) is 6.03. The van der Waals surface area contributed by atoms with Gasteiger partial charge in [0.25, 0.3) is 0 Å². The van der Waals surface area contributed by atoms with Crippen LogP contribution in [0.4, 0.5) is 0 Å². The summed E-state index contributed by atoms with van der Waals surface area (Å²) in [6, 6.07) is 22.8. The molecule has 3 heterocycles. The minimum absolute atomic E-state index is 0. The molecule has 3 aromatic heterocycles. The molecule has 40 heavy (non-hydrogen) atoms. The van der Waals surface area contributed by atoms with Crippen molar-refractivity contribution in [1.29, 1.82) is 0 Å². The largest absolute Gasteiger partial charge is 3.00 e. The van der Waals surface area contributed by atoms with Crippen molar-refractivity contribution < 1.29 is 29.7 Å². The number of H-pyrrole nitrogens is 3. The van der Waals surface area contributed by atoms with Crippen LogP contribution in [0.1, 0.15) is 16.7 Å². The maximum absolute atomic E-state index is 10.4. The van der Waals surface area contributed by atoms with Gasteiger partial charge in [0.1, 0.15) is 0 Å². The molecule has 0 radical (unpaired) electrons.